The third kappa shape index (κ3) is 7.93. The number of rotatable bonds is 6. The molecule has 0 bridgehead atoms. The molecule has 0 N–H and O–H groups in total. The number of unbranched alkanes of at least 4 members (excludes halogenated alkanes) is 2. The highest BCUT2D eigenvalue weighted by Gasteiger charge is 2.15. The van der Waals surface area contributed by atoms with Gasteiger partial charge in [-0.25, -0.2) is 9.97 Å². The molecule has 5 heteroatoms. The summed E-state index contributed by atoms with van der Waals surface area (Å²) in [6.07, 6.45) is 7.67. The topological polar surface area (TPSA) is 52.1 Å². The molecule has 0 spiro atoms. The molecule has 0 radical (unpaired) electrons. The Hall–Kier alpha value is -0.970. The Bertz CT molecular complexity index is 399. The molecule has 1 heterocycles. The second kappa shape index (κ2) is 7.58. The van der Waals surface area contributed by atoms with Crippen LogP contribution in [0.15, 0.2) is 16.9 Å². The van der Waals surface area contributed by atoms with Crippen LogP contribution in [0.3, 0.4) is 0 Å². The fraction of sp³-hybridized carbons (Fsp3) is 0.643. The molecule has 0 aromatic carbocycles. The van der Waals surface area contributed by atoms with Crippen LogP contribution in [0.4, 0.5) is 0 Å². The molecule has 0 fully saturated rings. The molecule has 4 nitrogen and oxygen atoms in total. The third-order valence-electron chi connectivity index (χ3n) is 2.38. The van der Waals surface area contributed by atoms with Crippen LogP contribution in [-0.2, 0) is 16.0 Å². The maximum absolute atomic E-state index is 11.5. The van der Waals surface area contributed by atoms with E-state index in [9.17, 15) is 4.79 Å². The number of carbonyl (C=O) groups is 1. The summed E-state index contributed by atoms with van der Waals surface area (Å²) in [5.41, 5.74) is -0.387. The van der Waals surface area contributed by atoms with E-state index in [1.54, 1.807) is 12.4 Å². The summed E-state index contributed by atoms with van der Waals surface area (Å²) in [6.45, 7) is 5.65. The molecule has 106 valence electrons. The van der Waals surface area contributed by atoms with E-state index >= 15 is 0 Å². The summed E-state index contributed by atoms with van der Waals surface area (Å²) < 4.78 is 6.14. The lowest BCUT2D eigenvalue weighted by Crippen LogP contribution is -2.23. The molecule has 1 rings (SSSR count). The number of ether oxygens (including phenoxy) is 1. The minimum Gasteiger partial charge on any atom is -0.460 e. The van der Waals surface area contributed by atoms with Gasteiger partial charge in [0.15, 0.2) is 0 Å². The average Bonchev–Trinajstić information content (AvgIpc) is 2.29. The first-order valence-corrected chi connectivity index (χ1v) is 7.34. The van der Waals surface area contributed by atoms with Crippen LogP contribution in [0.25, 0.3) is 0 Å². The second-order valence-corrected chi connectivity index (χ2v) is 6.38. The van der Waals surface area contributed by atoms with Gasteiger partial charge < -0.3 is 4.74 Å². The molecular weight excluding hydrogens is 308 g/mol. The van der Waals surface area contributed by atoms with Crippen LogP contribution in [0.5, 0.6) is 0 Å². The quantitative estimate of drug-likeness (QED) is 0.590. The van der Waals surface area contributed by atoms with Crippen molar-refractivity contribution in [3.8, 4) is 0 Å². The van der Waals surface area contributed by atoms with Gasteiger partial charge in [0.05, 0.1) is 4.47 Å². The summed E-state index contributed by atoms with van der Waals surface area (Å²) in [6, 6.07) is 0. The predicted octanol–water partition coefficient (Wildman–Crippen LogP) is 3.68. The summed E-state index contributed by atoms with van der Waals surface area (Å²) in [5.74, 6) is 0.729. The third-order valence-corrected chi connectivity index (χ3v) is 2.78. The van der Waals surface area contributed by atoms with Gasteiger partial charge in [-0.15, -0.1) is 0 Å². The number of aryl methyl sites for hydroxylation is 1. The SMILES string of the molecule is CC(C)(C)OC(=O)CCCCCc1ncc(Br)cn1. The van der Waals surface area contributed by atoms with Crippen LogP contribution in [-0.4, -0.2) is 21.5 Å². The van der Waals surface area contributed by atoms with Crippen molar-refractivity contribution >= 4 is 21.9 Å². The van der Waals surface area contributed by atoms with Crippen molar-refractivity contribution in [2.24, 2.45) is 0 Å². The van der Waals surface area contributed by atoms with Crippen molar-refractivity contribution in [3.05, 3.63) is 22.7 Å². The normalized spacial score (nSPS) is 11.4. The van der Waals surface area contributed by atoms with E-state index in [0.717, 1.165) is 36.0 Å². The van der Waals surface area contributed by atoms with E-state index in [2.05, 4.69) is 25.9 Å². The zero-order chi connectivity index (χ0) is 14.3. The van der Waals surface area contributed by atoms with Gasteiger partial charge in [0.25, 0.3) is 0 Å². The Kier molecular flexibility index (Phi) is 6.42. The number of nitrogens with zero attached hydrogens (tertiary/aromatic N) is 2. The van der Waals surface area contributed by atoms with Crippen LogP contribution in [0, 0.1) is 0 Å². The van der Waals surface area contributed by atoms with Gasteiger partial charge in [-0.05, 0) is 49.5 Å². The Labute approximate surface area is 123 Å². The maximum atomic E-state index is 11.5. The zero-order valence-corrected chi connectivity index (χ0v) is 13.4. The van der Waals surface area contributed by atoms with Gasteiger partial charge in [-0.2, -0.15) is 0 Å². The van der Waals surface area contributed by atoms with Crippen molar-refractivity contribution in [3.63, 3.8) is 0 Å². The first-order valence-electron chi connectivity index (χ1n) is 6.55. The highest BCUT2D eigenvalue weighted by atomic mass is 79.9. The van der Waals surface area contributed by atoms with Gasteiger partial charge in [0.2, 0.25) is 0 Å². The van der Waals surface area contributed by atoms with Gasteiger partial charge in [-0.3, -0.25) is 4.79 Å². The largest absolute Gasteiger partial charge is 0.460 e. The minimum atomic E-state index is -0.387. The number of carbonyl (C=O) groups excluding carboxylic acids is 1. The Balaban J connectivity index is 2.11. The standard InChI is InChI=1S/C14H21BrN2O2/c1-14(2,3)19-13(18)8-6-4-5-7-12-16-9-11(15)10-17-12/h9-10H,4-8H2,1-3H3. The lowest BCUT2D eigenvalue weighted by atomic mass is 10.1. The number of esters is 1. The monoisotopic (exact) mass is 328 g/mol. The maximum Gasteiger partial charge on any atom is 0.306 e. The lowest BCUT2D eigenvalue weighted by molar-refractivity contribution is -0.154. The van der Waals surface area contributed by atoms with E-state index in [1.165, 1.54) is 0 Å². The predicted molar refractivity (Wildman–Crippen MR) is 77.7 cm³/mol. The first-order chi connectivity index (χ1) is 8.87. The Morgan fingerprint density at radius 1 is 1.21 bits per heavy atom. The molecular formula is C14H21BrN2O2. The Morgan fingerprint density at radius 3 is 2.42 bits per heavy atom. The second-order valence-electron chi connectivity index (χ2n) is 5.46. The van der Waals surface area contributed by atoms with E-state index in [4.69, 9.17) is 4.74 Å². The number of halogens is 1. The van der Waals surface area contributed by atoms with E-state index in [0.29, 0.717) is 6.42 Å². The fourth-order valence-electron chi connectivity index (χ4n) is 1.59. The van der Waals surface area contributed by atoms with E-state index in [1.807, 2.05) is 20.8 Å². The number of aromatic nitrogens is 2. The van der Waals surface area contributed by atoms with Crippen LogP contribution in [0.2, 0.25) is 0 Å². The van der Waals surface area contributed by atoms with E-state index < -0.39 is 0 Å². The number of hydrogen-bond donors (Lipinski definition) is 0. The van der Waals surface area contributed by atoms with Crippen molar-refractivity contribution in [2.75, 3.05) is 0 Å². The van der Waals surface area contributed by atoms with E-state index in [-0.39, 0.29) is 11.6 Å². The summed E-state index contributed by atoms with van der Waals surface area (Å²) in [5, 5.41) is 0. The summed E-state index contributed by atoms with van der Waals surface area (Å²) >= 11 is 3.30. The highest BCUT2D eigenvalue weighted by molar-refractivity contribution is 9.10. The first kappa shape index (κ1) is 16.1. The lowest BCUT2D eigenvalue weighted by Gasteiger charge is -2.19. The van der Waals surface area contributed by atoms with Crippen molar-refractivity contribution in [2.45, 2.75) is 58.5 Å². The van der Waals surface area contributed by atoms with Gasteiger partial charge in [0.1, 0.15) is 11.4 Å². The highest BCUT2D eigenvalue weighted by Crippen LogP contribution is 2.11. The minimum absolute atomic E-state index is 0.118. The molecule has 0 unspecified atom stereocenters. The summed E-state index contributed by atoms with van der Waals surface area (Å²) in [7, 11) is 0. The van der Waals surface area contributed by atoms with Gasteiger partial charge >= 0.3 is 5.97 Å². The molecule has 1 aromatic heterocycles. The molecule has 1 aromatic rings. The summed E-state index contributed by atoms with van der Waals surface area (Å²) in [4.78, 5) is 19.9. The molecule has 0 atom stereocenters. The van der Waals surface area contributed by atoms with Gasteiger partial charge in [-0.1, -0.05) is 6.42 Å². The van der Waals surface area contributed by atoms with Gasteiger partial charge in [0, 0.05) is 25.2 Å². The average molecular weight is 329 g/mol. The Morgan fingerprint density at radius 2 is 1.84 bits per heavy atom. The smallest absolute Gasteiger partial charge is 0.306 e. The number of hydrogen-bond acceptors (Lipinski definition) is 4. The molecule has 0 aliphatic heterocycles. The fourth-order valence-corrected chi connectivity index (χ4v) is 1.79. The van der Waals surface area contributed by atoms with Crippen molar-refractivity contribution in [1.82, 2.24) is 9.97 Å². The molecule has 0 amide bonds. The van der Waals surface area contributed by atoms with Crippen LogP contribution in [0.1, 0.15) is 52.3 Å². The van der Waals surface area contributed by atoms with Crippen molar-refractivity contribution < 1.29 is 9.53 Å². The molecule has 0 saturated carbocycles. The molecule has 0 aliphatic carbocycles. The molecule has 19 heavy (non-hydrogen) atoms. The molecule has 0 saturated heterocycles. The van der Waals surface area contributed by atoms with Crippen LogP contribution >= 0.6 is 15.9 Å². The van der Waals surface area contributed by atoms with Crippen LogP contribution < -0.4 is 0 Å². The molecule has 0 aliphatic rings. The zero-order valence-electron chi connectivity index (χ0n) is 11.8. The van der Waals surface area contributed by atoms with Crippen molar-refractivity contribution in [1.29, 1.82) is 0 Å².